The van der Waals surface area contributed by atoms with E-state index >= 15 is 0 Å². The Morgan fingerprint density at radius 3 is 2.67 bits per heavy atom. The second-order valence-electron chi connectivity index (χ2n) is 10.2. The van der Waals surface area contributed by atoms with E-state index in [1.54, 1.807) is 4.57 Å². The van der Waals surface area contributed by atoms with Crippen molar-refractivity contribution in [3.05, 3.63) is 36.5 Å². The summed E-state index contributed by atoms with van der Waals surface area (Å²) in [6.45, 7) is 4.94. The van der Waals surface area contributed by atoms with E-state index in [0.29, 0.717) is 42.3 Å². The molecule has 2 aliphatic rings. The van der Waals surface area contributed by atoms with Crippen LogP contribution in [0.3, 0.4) is 0 Å². The molecule has 210 valence electrons. The topological polar surface area (TPSA) is 141 Å². The van der Waals surface area contributed by atoms with Crippen molar-refractivity contribution in [1.29, 1.82) is 0 Å². The van der Waals surface area contributed by atoms with E-state index < -0.39 is 35.9 Å². The summed E-state index contributed by atoms with van der Waals surface area (Å²) in [5.41, 5.74) is 0.130. The van der Waals surface area contributed by atoms with Crippen molar-refractivity contribution in [2.24, 2.45) is 5.92 Å². The summed E-state index contributed by atoms with van der Waals surface area (Å²) < 4.78 is 40.2. The smallest absolute Gasteiger partial charge is 0.390 e. The molecule has 1 saturated carbocycles. The summed E-state index contributed by atoms with van der Waals surface area (Å²) in [6.07, 6.45) is -1.43. The maximum absolute atomic E-state index is 12.9. The van der Waals surface area contributed by atoms with E-state index in [2.05, 4.69) is 30.6 Å². The molecule has 1 unspecified atom stereocenters. The Morgan fingerprint density at radius 1 is 1.18 bits per heavy atom. The van der Waals surface area contributed by atoms with Crippen molar-refractivity contribution in [3.8, 4) is 0 Å². The molecule has 0 spiro atoms. The number of hydrogen-bond acceptors (Lipinski definition) is 9. The van der Waals surface area contributed by atoms with Gasteiger partial charge in [0.25, 0.3) is 0 Å². The first-order chi connectivity index (χ1) is 18.6. The number of nitrogens with zero attached hydrogens (tertiary/aromatic N) is 6. The van der Waals surface area contributed by atoms with Gasteiger partial charge in [-0.15, -0.1) is 0 Å². The van der Waals surface area contributed by atoms with Gasteiger partial charge in [-0.1, -0.05) is 6.92 Å². The number of anilines is 2. The molecule has 1 amide bonds. The molecule has 3 aromatic heterocycles. The molecule has 2 fully saturated rings. The minimum atomic E-state index is -4.43. The van der Waals surface area contributed by atoms with Crippen LogP contribution in [0.5, 0.6) is 0 Å². The second-order valence-corrected chi connectivity index (χ2v) is 10.2. The van der Waals surface area contributed by atoms with Crippen LogP contribution in [-0.4, -0.2) is 78.0 Å². The summed E-state index contributed by atoms with van der Waals surface area (Å²) in [7, 11) is 0. The van der Waals surface area contributed by atoms with Gasteiger partial charge in [0, 0.05) is 31.4 Å². The van der Waals surface area contributed by atoms with Crippen molar-refractivity contribution in [2.45, 2.75) is 69.6 Å². The van der Waals surface area contributed by atoms with E-state index in [1.807, 2.05) is 18.7 Å². The number of carbonyl (C=O) groups excluding carboxylic acids is 1. The highest BCUT2D eigenvalue weighted by atomic mass is 19.4. The number of rotatable bonds is 7. The number of hydrogen-bond donors (Lipinski definition) is 4. The fourth-order valence-corrected chi connectivity index (χ4v) is 5.22. The zero-order valence-corrected chi connectivity index (χ0v) is 21.5. The number of aromatic nitrogens is 5. The SMILES string of the molecule is CCC(C)NC(=O)[C@@H]1C[C@@H](n2cnc3c(N[C@H]4CCN(c5ccc(C(F)(F)F)cn5)C4)ncnc32)[C@H](O)[C@@H]1O. The Hall–Kier alpha value is -3.52. The van der Waals surface area contributed by atoms with E-state index in [9.17, 15) is 28.2 Å². The monoisotopic (exact) mass is 548 g/mol. The second kappa shape index (κ2) is 10.6. The molecule has 11 nitrogen and oxygen atoms in total. The lowest BCUT2D eigenvalue weighted by molar-refractivity contribution is -0.137. The summed E-state index contributed by atoms with van der Waals surface area (Å²) >= 11 is 0. The van der Waals surface area contributed by atoms with Crippen molar-refractivity contribution in [1.82, 2.24) is 29.8 Å². The fraction of sp³-hybridized carbons (Fsp3) is 0.560. The van der Waals surface area contributed by atoms with Gasteiger partial charge in [0.15, 0.2) is 11.5 Å². The van der Waals surface area contributed by atoms with Gasteiger partial charge in [-0.05, 0) is 38.3 Å². The molecule has 0 radical (unpaired) electrons. The predicted molar refractivity (Wildman–Crippen MR) is 136 cm³/mol. The summed E-state index contributed by atoms with van der Waals surface area (Å²) in [4.78, 5) is 31.7. The number of halogens is 3. The van der Waals surface area contributed by atoms with Gasteiger partial charge in [0.2, 0.25) is 5.91 Å². The molecule has 6 atom stereocenters. The van der Waals surface area contributed by atoms with Crippen LogP contribution in [0.2, 0.25) is 0 Å². The first-order valence-corrected chi connectivity index (χ1v) is 13.0. The van der Waals surface area contributed by atoms with Gasteiger partial charge in [-0.25, -0.2) is 19.9 Å². The van der Waals surface area contributed by atoms with E-state index in [-0.39, 0.29) is 24.4 Å². The largest absolute Gasteiger partial charge is 0.417 e. The number of amides is 1. The third kappa shape index (κ3) is 5.35. The van der Waals surface area contributed by atoms with Crippen LogP contribution in [0.1, 0.15) is 44.7 Å². The van der Waals surface area contributed by atoms with Crippen molar-refractivity contribution in [3.63, 3.8) is 0 Å². The minimum Gasteiger partial charge on any atom is -0.390 e. The number of carbonyl (C=O) groups is 1. The fourth-order valence-electron chi connectivity index (χ4n) is 5.22. The van der Waals surface area contributed by atoms with Gasteiger partial charge >= 0.3 is 6.18 Å². The van der Waals surface area contributed by atoms with E-state index in [4.69, 9.17) is 0 Å². The van der Waals surface area contributed by atoms with E-state index in [1.165, 1.54) is 18.7 Å². The maximum atomic E-state index is 12.9. The van der Waals surface area contributed by atoms with Gasteiger partial charge in [0.05, 0.1) is 30.0 Å². The van der Waals surface area contributed by atoms with Gasteiger partial charge in [-0.3, -0.25) is 4.79 Å². The van der Waals surface area contributed by atoms with Gasteiger partial charge < -0.3 is 30.3 Å². The van der Waals surface area contributed by atoms with E-state index in [0.717, 1.165) is 18.7 Å². The average molecular weight is 549 g/mol. The van der Waals surface area contributed by atoms with Crippen LogP contribution >= 0.6 is 0 Å². The number of nitrogens with one attached hydrogen (secondary N) is 2. The average Bonchev–Trinajstić information content (AvgIpc) is 3.62. The Labute approximate surface area is 222 Å². The number of aliphatic hydroxyl groups excluding tert-OH is 2. The number of imidazole rings is 1. The van der Waals surface area contributed by atoms with Crippen LogP contribution < -0.4 is 15.5 Å². The minimum absolute atomic E-state index is 0.0436. The number of alkyl halides is 3. The molecule has 4 heterocycles. The molecule has 1 saturated heterocycles. The molecule has 1 aliphatic heterocycles. The molecule has 5 rings (SSSR count). The van der Waals surface area contributed by atoms with Crippen molar-refractivity contribution >= 4 is 28.7 Å². The van der Waals surface area contributed by atoms with Crippen molar-refractivity contribution < 1.29 is 28.2 Å². The Morgan fingerprint density at radius 2 is 1.97 bits per heavy atom. The Bertz CT molecular complexity index is 1320. The summed E-state index contributed by atoms with van der Waals surface area (Å²) in [5, 5.41) is 27.6. The molecule has 14 heteroatoms. The first kappa shape index (κ1) is 27.1. The highest BCUT2D eigenvalue weighted by molar-refractivity contribution is 5.83. The lowest BCUT2D eigenvalue weighted by atomic mass is 10.0. The van der Waals surface area contributed by atoms with Crippen LogP contribution in [-0.2, 0) is 11.0 Å². The van der Waals surface area contributed by atoms with Crippen LogP contribution in [0.15, 0.2) is 31.0 Å². The third-order valence-corrected chi connectivity index (χ3v) is 7.63. The quantitative estimate of drug-likeness (QED) is 0.349. The van der Waals surface area contributed by atoms with Gasteiger partial charge in [0.1, 0.15) is 23.8 Å². The van der Waals surface area contributed by atoms with Crippen molar-refractivity contribution in [2.75, 3.05) is 23.3 Å². The normalized spacial score (nSPS) is 26.2. The third-order valence-electron chi connectivity index (χ3n) is 7.63. The zero-order valence-electron chi connectivity index (χ0n) is 21.5. The molecular formula is C25H31F3N8O3. The molecule has 1 aliphatic carbocycles. The Kier molecular flexibility index (Phi) is 7.33. The van der Waals surface area contributed by atoms with Gasteiger partial charge in [-0.2, -0.15) is 13.2 Å². The molecule has 4 N–H and O–H groups in total. The highest BCUT2D eigenvalue weighted by Gasteiger charge is 2.46. The molecule has 39 heavy (non-hydrogen) atoms. The summed E-state index contributed by atoms with van der Waals surface area (Å²) in [5.74, 6) is -0.123. The number of pyridine rings is 1. The Balaban J connectivity index is 1.29. The molecule has 0 bridgehead atoms. The molecule has 0 aromatic carbocycles. The zero-order chi connectivity index (χ0) is 27.9. The first-order valence-electron chi connectivity index (χ1n) is 13.0. The standard InChI is InChI=1S/C25H31F3N8O3/c1-3-13(2)33-24(39)16-8-17(21(38)20(16)37)36-12-32-19-22(30-11-31-23(19)36)34-15-6-7-35(10-15)18-5-4-14(9-29-18)25(26,27)28/h4-5,9,11-13,15-17,20-21,37-38H,3,6-8,10H2,1-2H3,(H,33,39)(H,30,31,34)/t13?,15-,16+,17+,20+,21-/m0/s1. The van der Waals surface area contributed by atoms with Crippen LogP contribution in [0.4, 0.5) is 24.8 Å². The van der Waals surface area contributed by atoms with Crippen LogP contribution in [0, 0.1) is 5.92 Å². The predicted octanol–water partition coefficient (Wildman–Crippen LogP) is 2.13. The lowest BCUT2D eigenvalue weighted by Crippen LogP contribution is -2.41. The molecule has 3 aromatic rings. The maximum Gasteiger partial charge on any atom is 0.417 e. The summed E-state index contributed by atoms with van der Waals surface area (Å²) in [6, 6.07) is 1.68. The molecular weight excluding hydrogens is 517 g/mol. The number of fused-ring (bicyclic) bond motifs is 1. The number of aliphatic hydroxyl groups is 2. The highest BCUT2D eigenvalue weighted by Crippen LogP contribution is 2.38. The van der Waals surface area contributed by atoms with Crippen LogP contribution in [0.25, 0.3) is 11.2 Å². The lowest BCUT2D eigenvalue weighted by Gasteiger charge is -2.19.